The number of benzene rings is 1. The Kier molecular flexibility index (Phi) is 3.93. The van der Waals surface area contributed by atoms with Gasteiger partial charge in [0.1, 0.15) is 11.6 Å². The van der Waals surface area contributed by atoms with E-state index in [1.807, 2.05) is 10.6 Å². The summed E-state index contributed by atoms with van der Waals surface area (Å²) in [5.41, 5.74) is 0.480. The van der Waals surface area contributed by atoms with Crippen LogP contribution in [0.1, 0.15) is 44.6 Å². The van der Waals surface area contributed by atoms with Gasteiger partial charge in [0.05, 0.1) is 10.8 Å². The number of nitrogens with zero attached hydrogens (tertiary/aromatic N) is 3. The van der Waals surface area contributed by atoms with E-state index in [0.717, 1.165) is 37.3 Å². The Hall–Kier alpha value is -1.69. The number of ketones is 1. The topological polar surface area (TPSA) is 47.8 Å². The Balaban J connectivity index is 1.68. The molecule has 23 heavy (non-hydrogen) atoms. The molecule has 2 aliphatic carbocycles. The molecule has 2 fully saturated rings. The molecule has 4 nitrogen and oxygen atoms in total. The average molecular weight is 331 g/mol. The van der Waals surface area contributed by atoms with Crippen LogP contribution in [0.5, 0.6) is 0 Å². The Bertz CT molecular complexity index is 741. The zero-order chi connectivity index (χ0) is 15.8. The Morgan fingerprint density at radius 2 is 1.96 bits per heavy atom. The maximum absolute atomic E-state index is 14.1. The lowest BCUT2D eigenvalue weighted by atomic mass is 9.99. The summed E-state index contributed by atoms with van der Waals surface area (Å²) in [5, 5.41) is 9.25. The first-order valence-corrected chi connectivity index (χ1v) is 9.01. The van der Waals surface area contributed by atoms with E-state index in [2.05, 4.69) is 10.2 Å². The Morgan fingerprint density at radius 3 is 2.70 bits per heavy atom. The van der Waals surface area contributed by atoms with Crippen molar-refractivity contribution in [1.29, 1.82) is 0 Å². The molecule has 4 rings (SSSR count). The second-order valence-electron chi connectivity index (χ2n) is 6.21. The van der Waals surface area contributed by atoms with Gasteiger partial charge in [-0.1, -0.05) is 30.3 Å². The van der Waals surface area contributed by atoms with E-state index in [9.17, 15) is 9.18 Å². The van der Waals surface area contributed by atoms with Crippen molar-refractivity contribution in [2.45, 2.75) is 55.0 Å². The summed E-state index contributed by atoms with van der Waals surface area (Å²) in [6.07, 6.45) is 5.76. The van der Waals surface area contributed by atoms with Gasteiger partial charge in [-0.25, -0.2) is 4.39 Å². The smallest absolute Gasteiger partial charge is 0.192 e. The third-order valence-electron chi connectivity index (χ3n) is 4.44. The lowest BCUT2D eigenvalue weighted by molar-refractivity contribution is -0.119. The number of Topliss-reactive ketones (excluding diaryl/α,β-unsaturated/α-hetero) is 1. The fraction of sp³-hybridized carbons (Fsp3) is 0.471. The van der Waals surface area contributed by atoms with Gasteiger partial charge in [-0.05, 0) is 37.8 Å². The van der Waals surface area contributed by atoms with Crippen LogP contribution in [0.2, 0.25) is 0 Å². The van der Waals surface area contributed by atoms with Crippen LogP contribution in [0.15, 0.2) is 29.4 Å². The highest BCUT2D eigenvalue weighted by Crippen LogP contribution is 2.43. The number of rotatable bonds is 4. The summed E-state index contributed by atoms with van der Waals surface area (Å²) in [4.78, 5) is 12.1. The van der Waals surface area contributed by atoms with Gasteiger partial charge in [0.2, 0.25) is 0 Å². The number of carbonyl (C=O) groups excluding carboxylic acids is 1. The Labute approximate surface area is 138 Å². The minimum absolute atomic E-state index is 0.0288. The first-order valence-electron chi connectivity index (χ1n) is 8.13. The van der Waals surface area contributed by atoms with Crippen LogP contribution in [-0.2, 0) is 4.79 Å². The summed E-state index contributed by atoms with van der Waals surface area (Å²) >= 11 is 1.51. The van der Waals surface area contributed by atoms with Gasteiger partial charge in [0, 0.05) is 12.5 Å². The van der Waals surface area contributed by atoms with Crippen molar-refractivity contribution in [3.05, 3.63) is 30.1 Å². The molecule has 0 amide bonds. The van der Waals surface area contributed by atoms with Crippen LogP contribution < -0.4 is 0 Å². The van der Waals surface area contributed by atoms with E-state index in [1.165, 1.54) is 17.8 Å². The van der Waals surface area contributed by atoms with Crippen LogP contribution in [-0.4, -0.2) is 25.8 Å². The molecule has 1 atom stereocenters. The predicted octanol–water partition coefficient (Wildman–Crippen LogP) is 4.02. The summed E-state index contributed by atoms with van der Waals surface area (Å²) in [5.74, 6) is 0.600. The first-order chi connectivity index (χ1) is 11.2. The lowest BCUT2D eigenvalue weighted by Crippen LogP contribution is -2.21. The third kappa shape index (κ3) is 2.92. The van der Waals surface area contributed by atoms with Crippen LogP contribution in [0.4, 0.5) is 4.39 Å². The maximum Gasteiger partial charge on any atom is 0.192 e. The molecule has 1 heterocycles. The third-order valence-corrected chi connectivity index (χ3v) is 5.71. The highest BCUT2D eigenvalue weighted by atomic mass is 32.2. The number of hydrogen-bond acceptors (Lipinski definition) is 4. The van der Waals surface area contributed by atoms with Crippen molar-refractivity contribution in [3.63, 3.8) is 0 Å². The molecule has 2 aromatic rings. The molecule has 0 spiro atoms. The minimum Gasteiger partial charge on any atom is -0.299 e. The monoisotopic (exact) mass is 331 g/mol. The summed E-state index contributed by atoms with van der Waals surface area (Å²) in [6, 6.07) is 6.99. The highest BCUT2D eigenvalue weighted by Gasteiger charge is 2.33. The molecule has 6 heteroatoms. The standard InChI is InChI=1S/C17H18FN3OS/c18-13-6-2-1-5-12(13)16-19-20-17(21(16)11-9-10-11)23-15-8-4-3-7-14(15)22/h1-2,5-6,11,15H,3-4,7-10H2/t15-/m0/s1. The molecule has 0 N–H and O–H groups in total. The normalized spacial score (nSPS) is 21.6. The number of aromatic nitrogens is 3. The van der Waals surface area contributed by atoms with Gasteiger partial charge >= 0.3 is 0 Å². The molecule has 0 unspecified atom stereocenters. The van der Waals surface area contributed by atoms with Crippen LogP contribution >= 0.6 is 11.8 Å². The zero-order valence-electron chi connectivity index (χ0n) is 12.7. The van der Waals surface area contributed by atoms with E-state index < -0.39 is 0 Å². The Morgan fingerprint density at radius 1 is 1.13 bits per heavy atom. The van der Waals surface area contributed by atoms with Gasteiger partial charge in [-0.3, -0.25) is 9.36 Å². The average Bonchev–Trinajstić information content (AvgIpc) is 3.31. The number of halogens is 1. The van der Waals surface area contributed by atoms with E-state index in [-0.39, 0.29) is 11.1 Å². The fourth-order valence-electron chi connectivity index (χ4n) is 3.05. The molecular formula is C17H18FN3OS. The number of carbonyl (C=O) groups is 1. The molecule has 2 aliphatic rings. The van der Waals surface area contributed by atoms with E-state index in [1.54, 1.807) is 12.1 Å². The SMILES string of the molecule is O=C1CCCC[C@@H]1Sc1nnc(-c2ccccc2F)n1C1CC1. The molecular weight excluding hydrogens is 313 g/mol. The van der Waals surface area contributed by atoms with Crippen molar-refractivity contribution in [1.82, 2.24) is 14.8 Å². The van der Waals surface area contributed by atoms with Gasteiger partial charge in [-0.15, -0.1) is 10.2 Å². The first kappa shape index (κ1) is 14.9. The van der Waals surface area contributed by atoms with Crippen LogP contribution in [0.25, 0.3) is 11.4 Å². The molecule has 120 valence electrons. The zero-order valence-corrected chi connectivity index (χ0v) is 13.6. The molecule has 0 aliphatic heterocycles. The van der Waals surface area contributed by atoms with Crippen molar-refractivity contribution < 1.29 is 9.18 Å². The molecule has 2 saturated carbocycles. The van der Waals surface area contributed by atoms with Crippen LogP contribution in [0.3, 0.4) is 0 Å². The summed E-state index contributed by atoms with van der Waals surface area (Å²) in [7, 11) is 0. The molecule has 0 bridgehead atoms. The lowest BCUT2D eigenvalue weighted by Gasteiger charge is -2.19. The van der Waals surface area contributed by atoms with E-state index in [4.69, 9.17) is 0 Å². The number of hydrogen-bond donors (Lipinski definition) is 0. The molecule has 0 radical (unpaired) electrons. The second kappa shape index (κ2) is 6.07. The van der Waals surface area contributed by atoms with E-state index >= 15 is 0 Å². The van der Waals surface area contributed by atoms with Gasteiger partial charge < -0.3 is 0 Å². The van der Waals surface area contributed by atoms with Gasteiger partial charge in [0.15, 0.2) is 11.0 Å². The quantitative estimate of drug-likeness (QED) is 0.849. The molecule has 0 saturated heterocycles. The fourth-order valence-corrected chi connectivity index (χ4v) is 4.27. The van der Waals surface area contributed by atoms with Crippen molar-refractivity contribution in [2.24, 2.45) is 0 Å². The molecule has 1 aromatic carbocycles. The van der Waals surface area contributed by atoms with E-state index in [0.29, 0.717) is 29.6 Å². The van der Waals surface area contributed by atoms with Crippen molar-refractivity contribution in [3.8, 4) is 11.4 Å². The van der Waals surface area contributed by atoms with Gasteiger partial charge in [0.25, 0.3) is 0 Å². The molecule has 1 aromatic heterocycles. The summed E-state index contributed by atoms with van der Waals surface area (Å²) < 4.78 is 16.2. The van der Waals surface area contributed by atoms with Crippen molar-refractivity contribution >= 4 is 17.5 Å². The number of thioether (sulfide) groups is 1. The van der Waals surface area contributed by atoms with Crippen molar-refractivity contribution in [2.75, 3.05) is 0 Å². The second-order valence-corrected chi connectivity index (χ2v) is 7.38. The summed E-state index contributed by atoms with van der Waals surface area (Å²) in [6.45, 7) is 0. The predicted molar refractivity (Wildman–Crippen MR) is 86.8 cm³/mol. The largest absolute Gasteiger partial charge is 0.299 e. The highest BCUT2D eigenvalue weighted by molar-refractivity contribution is 8.00. The van der Waals surface area contributed by atoms with Gasteiger partial charge in [-0.2, -0.15) is 0 Å². The minimum atomic E-state index is -0.285. The maximum atomic E-state index is 14.1. The van der Waals surface area contributed by atoms with Crippen LogP contribution in [0, 0.1) is 5.82 Å².